The zero-order chi connectivity index (χ0) is 15.9. The number of phenolic OH excluding ortho intramolecular Hbond substituents is 1. The molecule has 116 valence electrons. The fraction of sp³-hybridized carbons (Fsp3) is 0.267. The first-order chi connectivity index (χ1) is 10.6. The molecule has 7 heteroatoms. The summed E-state index contributed by atoms with van der Waals surface area (Å²) in [5.74, 6) is -0.207. The van der Waals surface area contributed by atoms with Crippen molar-refractivity contribution < 1.29 is 14.6 Å². The molecule has 2 aromatic rings. The molecule has 0 unspecified atom stereocenters. The van der Waals surface area contributed by atoms with Gasteiger partial charge in [-0.25, -0.2) is 4.68 Å². The van der Waals surface area contributed by atoms with Crippen molar-refractivity contribution in [3.05, 3.63) is 58.0 Å². The fourth-order valence-corrected chi connectivity index (χ4v) is 1.79. The van der Waals surface area contributed by atoms with Crippen LogP contribution in [0.2, 0.25) is 0 Å². The lowest BCUT2D eigenvalue weighted by Crippen LogP contribution is -2.30. The van der Waals surface area contributed by atoms with Crippen LogP contribution in [0.4, 0.5) is 0 Å². The van der Waals surface area contributed by atoms with Gasteiger partial charge in [-0.15, -0.1) is 0 Å². The van der Waals surface area contributed by atoms with Crippen LogP contribution in [0.25, 0.3) is 0 Å². The van der Waals surface area contributed by atoms with Crippen molar-refractivity contribution in [3.63, 3.8) is 0 Å². The Balaban J connectivity index is 2.02. The van der Waals surface area contributed by atoms with Crippen LogP contribution < -0.4 is 10.9 Å². The molecular weight excluding hydrogens is 286 g/mol. The highest BCUT2D eigenvalue weighted by atomic mass is 16.5. The summed E-state index contributed by atoms with van der Waals surface area (Å²) in [5, 5.41) is 15.9. The van der Waals surface area contributed by atoms with Gasteiger partial charge in [0.2, 0.25) is 0 Å². The van der Waals surface area contributed by atoms with Gasteiger partial charge in [-0.1, -0.05) is 12.1 Å². The van der Waals surface area contributed by atoms with Crippen LogP contribution >= 0.6 is 0 Å². The maximum atomic E-state index is 12.1. The van der Waals surface area contributed by atoms with Crippen LogP contribution in [0.15, 0.2) is 41.2 Å². The van der Waals surface area contributed by atoms with E-state index < -0.39 is 0 Å². The number of phenols is 1. The lowest BCUT2D eigenvalue weighted by Gasteiger charge is -2.07. The smallest absolute Gasteiger partial charge is 0.271 e. The normalized spacial score (nSPS) is 10.4. The summed E-state index contributed by atoms with van der Waals surface area (Å²) >= 11 is 0. The number of amides is 1. The fourth-order valence-electron chi connectivity index (χ4n) is 1.79. The highest BCUT2D eigenvalue weighted by Gasteiger charge is 2.09. The lowest BCUT2D eigenvalue weighted by atomic mass is 10.2. The van der Waals surface area contributed by atoms with Gasteiger partial charge in [0, 0.05) is 19.7 Å². The Morgan fingerprint density at radius 3 is 2.68 bits per heavy atom. The number of carbonyl (C=O) groups is 1. The maximum Gasteiger partial charge on any atom is 0.271 e. The molecule has 2 N–H and O–H groups in total. The second-order valence-electron chi connectivity index (χ2n) is 4.62. The zero-order valence-electron chi connectivity index (χ0n) is 12.2. The minimum absolute atomic E-state index is 0.162. The summed E-state index contributed by atoms with van der Waals surface area (Å²) in [6.45, 7) is 0.928. The number of aromatic nitrogens is 2. The van der Waals surface area contributed by atoms with Crippen LogP contribution in [0, 0.1) is 0 Å². The first-order valence-corrected chi connectivity index (χ1v) is 6.73. The largest absolute Gasteiger partial charge is 0.508 e. The van der Waals surface area contributed by atoms with E-state index in [1.807, 2.05) is 0 Å². The van der Waals surface area contributed by atoms with Crippen LogP contribution in [0.1, 0.15) is 16.1 Å². The van der Waals surface area contributed by atoms with Gasteiger partial charge in [0.15, 0.2) is 0 Å². The first kappa shape index (κ1) is 15.7. The van der Waals surface area contributed by atoms with Gasteiger partial charge in [0.1, 0.15) is 11.4 Å². The summed E-state index contributed by atoms with van der Waals surface area (Å²) < 4.78 is 6.09. The summed E-state index contributed by atoms with van der Waals surface area (Å²) in [4.78, 5) is 23.7. The van der Waals surface area contributed by atoms with E-state index in [-0.39, 0.29) is 29.5 Å². The molecule has 1 aromatic carbocycles. The van der Waals surface area contributed by atoms with E-state index in [1.54, 1.807) is 24.3 Å². The van der Waals surface area contributed by atoms with Crippen LogP contribution in [0.3, 0.4) is 0 Å². The van der Waals surface area contributed by atoms with E-state index in [2.05, 4.69) is 10.4 Å². The van der Waals surface area contributed by atoms with Crippen LogP contribution in [-0.4, -0.2) is 34.5 Å². The van der Waals surface area contributed by atoms with Gasteiger partial charge in [-0.05, 0) is 23.8 Å². The molecule has 0 aliphatic rings. The lowest BCUT2D eigenvalue weighted by molar-refractivity contribution is 0.0942. The predicted octanol–water partition coefficient (Wildman–Crippen LogP) is 0.525. The third-order valence-corrected chi connectivity index (χ3v) is 3.00. The van der Waals surface area contributed by atoms with Crippen molar-refractivity contribution >= 4 is 5.91 Å². The van der Waals surface area contributed by atoms with Crippen molar-refractivity contribution in [1.29, 1.82) is 0 Å². The number of hydrogen-bond donors (Lipinski definition) is 2. The standard InChI is InChI=1S/C15H17N3O4/c1-22-9-8-18-14(20)7-6-13(17-18)15(21)16-10-11-2-4-12(19)5-3-11/h2-7,19H,8-10H2,1H3,(H,16,21). The van der Waals surface area contributed by atoms with Gasteiger partial charge < -0.3 is 15.2 Å². The van der Waals surface area contributed by atoms with E-state index in [0.717, 1.165) is 5.56 Å². The van der Waals surface area contributed by atoms with Crippen molar-refractivity contribution in [2.45, 2.75) is 13.1 Å². The maximum absolute atomic E-state index is 12.1. The van der Waals surface area contributed by atoms with Gasteiger partial charge in [0.05, 0.1) is 13.2 Å². The zero-order valence-corrected chi connectivity index (χ0v) is 12.2. The number of rotatable bonds is 6. The SMILES string of the molecule is COCCn1nc(C(=O)NCc2ccc(O)cc2)ccc1=O. The van der Waals surface area contributed by atoms with Crippen molar-refractivity contribution in [1.82, 2.24) is 15.1 Å². The molecule has 1 heterocycles. The molecule has 0 saturated heterocycles. The summed E-state index contributed by atoms with van der Waals surface area (Å²) in [7, 11) is 1.53. The topological polar surface area (TPSA) is 93.5 Å². The molecule has 7 nitrogen and oxygen atoms in total. The molecule has 22 heavy (non-hydrogen) atoms. The quantitative estimate of drug-likeness (QED) is 0.811. The second kappa shape index (κ2) is 7.37. The van der Waals surface area contributed by atoms with Gasteiger partial charge in [-0.2, -0.15) is 5.10 Å². The Labute approximate surface area is 127 Å². The minimum atomic E-state index is -0.376. The van der Waals surface area contributed by atoms with Crippen LogP contribution in [0.5, 0.6) is 5.75 Å². The number of nitrogens with one attached hydrogen (secondary N) is 1. The molecule has 0 bridgehead atoms. The average molecular weight is 303 g/mol. The van der Waals surface area contributed by atoms with Gasteiger partial charge in [0.25, 0.3) is 11.5 Å². The number of methoxy groups -OCH3 is 1. The number of hydrogen-bond acceptors (Lipinski definition) is 5. The molecule has 0 saturated carbocycles. The molecule has 0 atom stereocenters. The van der Waals surface area contributed by atoms with Crippen molar-refractivity contribution in [3.8, 4) is 5.75 Å². The highest BCUT2D eigenvalue weighted by molar-refractivity contribution is 5.91. The number of ether oxygens (including phenoxy) is 1. The molecule has 0 radical (unpaired) electrons. The molecule has 0 spiro atoms. The Hall–Kier alpha value is -2.67. The third kappa shape index (κ3) is 4.16. The highest BCUT2D eigenvalue weighted by Crippen LogP contribution is 2.09. The molecule has 2 rings (SSSR count). The molecule has 0 aliphatic carbocycles. The van der Waals surface area contributed by atoms with Crippen molar-refractivity contribution in [2.24, 2.45) is 0 Å². The molecule has 0 fully saturated rings. The monoisotopic (exact) mass is 303 g/mol. The number of aromatic hydroxyl groups is 1. The van der Waals surface area contributed by atoms with E-state index >= 15 is 0 Å². The van der Waals surface area contributed by atoms with Crippen molar-refractivity contribution in [2.75, 3.05) is 13.7 Å². The van der Waals surface area contributed by atoms with Crippen LogP contribution in [-0.2, 0) is 17.8 Å². The van der Waals surface area contributed by atoms with E-state index in [0.29, 0.717) is 13.2 Å². The number of nitrogens with zero attached hydrogens (tertiary/aromatic N) is 2. The first-order valence-electron chi connectivity index (χ1n) is 6.73. The Kier molecular flexibility index (Phi) is 5.26. The summed E-state index contributed by atoms with van der Waals surface area (Å²) in [5.41, 5.74) is 0.723. The molecule has 1 amide bonds. The summed E-state index contributed by atoms with van der Waals surface area (Å²) in [6, 6.07) is 9.20. The average Bonchev–Trinajstić information content (AvgIpc) is 2.53. The van der Waals surface area contributed by atoms with Gasteiger partial charge in [-0.3, -0.25) is 9.59 Å². The summed E-state index contributed by atoms with van der Waals surface area (Å²) in [6.07, 6.45) is 0. The number of carbonyl (C=O) groups excluding carboxylic acids is 1. The van der Waals surface area contributed by atoms with E-state index in [4.69, 9.17) is 4.74 Å². The minimum Gasteiger partial charge on any atom is -0.508 e. The Bertz CT molecular complexity index is 695. The molecular formula is C15H17N3O4. The second-order valence-corrected chi connectivity index (χ2v) is 4.62. The Morgan fingerprint density at radius 1 is 1.27 bits per heavy atom. The Morgan fingerprint density at radius 2 is 2.00 bits per heavy atom. The predicted molar refractivity (Wildman–Crippen MR) is 79.7 cm³/mol. The van der Waals surface area contributed by atoms with E-state index in [1.165, 1.54) is 23.9 Å². The molecule has 0 aliphatic heterocycles. The third-order valence-electron chi connectivity index (χ3n) is 3.00. The number of benzene rings is 1. The molecule has 1 aromatic heterocycles. The van der Waals surface area contributed by atoms with Gasteiger partial charge >= 0.3 is 0 Å². The van der Waals surface area contributed by atoms with E-state index in [9.17, 15) is 14.7 Å².